The molecule has 1 saturated heterocycles. The third kappa shape index (κ3) is 3.68. The fraction of sp³-hybridized carbons (Fsp3) is 0.263. The number of hydrogen-bond donors (Lipinski definition) is 0. The molecule has 1 atom stereocenters. The molecule has 2 aromatic carbocycles. The van der Waals surface area contributed by atoms with Gasteiger partial charge in [0.2, 0.25) is 0 Å². The molecule has 1 aliphatic rings. The fourth-order valence-corrected chi connectivity index (χ4v) is 2.76. The maximum Gasteiger partial charge on any atom is 0.416 e. The molecule has 3 rings (SSSR count). The number of anilines is 1. The smallest absolute Gasteiger partial charge is 0.358 e. The van der Waals surface area contributed by atoms with E-state index < -0.39 is 11.7 Å². The summed E-state index contributed by atoms with van der Waals surface area (Å²) in [6.07, 6.45) is -2.37. The minimum absolute atomic E-state index is 0.0481. The molecule has 2 aromatic rings. The van der Waals surface area contributed by atoms with Crippen molar-refractivity contribution in [3.05, 3.63) is 65.7 Å². The van der Waals surface area contributed by atoms with Crippen LogP contribution >= 0.6 is 0 Å². The normalized spacial score (nSPS) is 17.7. The topological polar surface area (TPSA) is 3.24 Å². The van der Waals surface area contributed by atoms with Gasteiger partial charge in [-0.1, -0.05) is 30.0 Å². The molecule has 1 nitrogen and oxygen atoms in total. The molecule has 0 saturated carbocycles. The monoisotopic (exact) mass is 315 g/mol. The molecule has 0 radical (unpaired) electrons. The van der Waals surface area contributed by atoms with Gasteiger partial charge in [0, 0.05) is 17.8 Å². The Bertz CT molecular complexity index is 708. The lowest BCUT2D eigenvalue weighted by Crippen LogP contribution is -2.27. The maximum absolute atomic E-state index is 12.6. The number of nitrogens with zero attached hydrogens (tertiary/aromatic N) is 1. The van der Waals surface area contributed by atoms with Crippen molar-refractivity contribution < 1.29 is 13.2 Å². The van der Waals surface area contributed by atoms with Crippen LogP contribution < -0.4 is 4.90 Å². The summed E-state index contributed by atoms with van der Waals surface area (Å²) in [5, 5.41) is 0. The van der Waals surface area contributed by atoms with Crippen molar-refractivity contribution in [1.29, 1.82) is 0 Å². The summed E-state index contributed by atoms with van der Waals surface area (Å²) >= 11 is 0. The van der Waals surface area contributed by atoms with Crippen LogP contribution in [-0.4, -0.2) is 12.6 Å². The second kappa shape index (κ2) is 6.37. The summed E-state index contributed by atoms with van der Waals surface area (Å²) in [7, 11) is 0. The van der Waals surface area contributed by atoms with E-state index in [9.17, 15) is 13.2 Å². The Balaban J connectivity index is 1.78. The minimum atomic E-state index is -4.30. The molecule has 1 aliphatic heterocycles. The molecule has 0 aliphatic carbocycles. The predicted molar refractivity (Wildman–Crippen MR) is 85.1 cm³/mol. The van der Waals surface area contributed by atoms with Crippen molar-refractivity contribution >= 4 is 5.69 Å². The zero-order valence-electron chi connectivity index (χ0n) is 12.5. The summed E-state index contributed by atoms with van der Waals surface area (Å²) < 4.78 is 37.9. The molecule has 4 heteroatoms. The average Bonchev–Trinajstić information content (AvgIpc) is 3.02. The lowest BCUT2D eigenvalue weighted by molar-refractivity contribution is -0.137. The second-order valence-electron chi connectivity index (χ2n) is 5.53. The van der Waals surface area contributed by atoms with Gasteiger partial charge in [0.05, 0.1) is 11.6 Å². The van der Waals surface area contributed by atoms with Gasteiger partial charge >= 0.3 is 6.18 Å². The fourth-order valence-electron chi connectivity index (χ4n) is 2.76. The van der Waals surface area contributed by atoms with Crippen molar-refractivity contribution in [3.8, 4) is 11.8 Å². The van der Waals surface area contributed by atoms with Crippen LogP contribution in [-0.2, 0) is 6.18 Å². The molecule has 0 spiro atoms. The van der Waals surface area contributed by atoms with Crippen LogP contribution in [0.5, 0.6) is 0 Å². The molecular weight excluding hydrogens is 299 g/mol. The maximum atomic E-state index is 12.6. The molecule has 0 bridgehead atoms. The Morgan fingerprint density at radius 3 is 2.30 bits per heavy atom. The van der Waals surface area contributed by atoms with Gasteiger partial charge in [-0.2, -0.15) is 13.2 Å². The first-order chi connectivity index (χ1) is 11.0. The zero-order valence-corrected chi connectivity index (χ0v) is 12.5. The van der Waals surface area contributed by atoms with E-state index in [0.29, 0.717) is 0 Å². The summed E-state index contributed by atoms with van der Waals surface area (Å²) in [5.74, 6) is 6.40. The summed E-state index contributed by atoms with van der Waals surface area (Å²) in [6, 6.07) is 15.1. The molecular formula is C19H16F3N. The number of rotatable bonds is 1. The molecule has 0 aromatic heterocycles. The first kappa shape index (κ1) is 15.5. The van der Waals surface area contributed by atoms with Gasteiger partial charge in [-0.05, 0) is 49.2 Å². The largest absolute Gasteiger partial charge is 0.416 e. The first-order valence-electron chi connectivity index (χ1n) is 7.54. The van der Waals surface area contributed by atoms with Crippen LogP contribution in [0.25, 0.3) is 0 Å². The van der Waals surface area contributed by atoms with E-state index in [0.717, 1.165) is 42.8 Å². The Kier molecular flexibility index (Phi) is 4.29. The van der Waals surface area contributed by atoms with Crippen molar-refractivity contribution in [2.24, 2.45) is 0 Å². The van der Waals surface area contributed by atoms with Crippen molar-refractivity contribution in [1.82, 2.24) is 0 Å². The molecule has 118 valence electrons. The van der Waals surface area contributed by atoms with Crippen LogP contribution in [0.2, 0.25) is 0 Å². The third-order valence-corrected chi connectivity index (χ3v) is 3.94. The number of alkyl halides is 3. The molecule has 0 amide bonds. The second-order valence-corrected chi connectivity index (χ2v) is 5.53. The van der Waals surface area contributed by atoms with Crippen LogP contribution in [0.3, 0.4) is 0 Å². The predicted octanol–water partition coefficient (Wildman–Crippen LogP) is 4.73. The molecule has 23 heavy (non-hydrogen) atoms. The van der Waals surface area contributed by atoms with Gasteiger partial charge in [-0.3, -0.25) is 0 Å². The highest BCUT2D eigenvalue weighted by atomic mass is 19.4. The number of halogens is 3. The van der Waals surface area contributed by atoms with E-state index in [2.05, 4.69) is 16.7 Å². The van der Waals surface area contributed by atoms with E-state index in [4.69, 9.17) is 0 Å². The Labute approximate surface area is 133 Å². The van der Waals surface area contributed by atoms with Gasteiger partial charge in [-0.15, -0.1) is 0 Å². The van der Waals surface area contributed by atoms with Gasteiger partial charge in [0.1, 0.15) is 0 Å². The zero-order chi connectivity index (χ0) is 16.3. The summed E-state index contributed by atoms with van der Waals surface area (Å²) in [6.45, 7) is 0.819. The molecule has 1 unspecified atom stereocenters. The van der Waals surface area contributed by atoms with Gasteiger partial charge in [0.15, 0.2) is 0 Å². The Hall–Kier alpha value is -2.41. The van der Waals surface area contributed by atoms with Crippen molar-refractivity contribution in [3.63, 3.8) is 0 Å². The van der Waals surface area contributed by atoms with Crippen LogP contribution in [0, 0.1) is 11.8 Å². The first-order valence-corrected chi connectivity index (χ1v) is 7.54. The van der Waals surface area contributed by atoms with E-state index in [1.165, 1.54) is 12.1 Å². The SMILES string of the molecule is FC(F)(F)c1ccc(N2CCCC2C#Cc2ccccc2)cc1. The highest BCUT2D eigenvalue weighted by Crippen LogP contribution is 2.32. The van der Waals surface area contributed by atoms with Crippen LogP contribution in [0.4, 0.5) is 18.9 Å². The van der Waals surface area contributed by atoms with Gasteiger partial charge in [-0.25, -0.2) is 0 Å². The highest BCUT2D eigenvalue weighted by Gasteiger charge is 2.30. The number of hydrogen-bond acceptors (Lipinski definition) is 1. The molecule has 1 heterocycles. The van der Waals surface area contributed by atoms with Gasteiger partial charge in [0.25, 0.3) is 0 Å². The van der Waals surface area contributed by atoms with Crippen LogP contribution in [0.15, 0.2) is 54.6 Å². The lowest BCUT2D eigenvalue weighted by atomic mass is 10.1. The lowest BCUT2D eigenvalue weighted by Gasteiger charge is -2.23. The van der Waals surface area contributed by atoms with E-state index >= 15 is 0 Å². The van der Waals surface area contributed by atoms with E-state index in [1.807, 2.05) is 30.3 Å². The summed E-state index contributed by atoms with van der Waals surface area (Å²) in [4.78, 5) is 2.08. The highest BCUT2D eigenvalue weighted by molar-refractivity contribution is 5.52. The Morgan fingerprint density at radius 1 is 0.957 bits per heavy atom. The van der Waals surface area contributed by atoms with Crippen LogP contribution in [0.1, 0.15) is 24.0 Å². The van der Waals surface area contributed by atoms with E-state index in [1.54, 1.807) is 0 Å². The van der Waals surface area contributed by atoms with Gasteiger partial charge < -0.3 is 4.90 Å². The summed E-state index contributed by atoms with van der Waals surface area (Å²) in [5.41, 5.74) is 1.13. The Morgan fingerprint density at radius 2 is 1.65 bits per heavy atom. The minimum Gasteiger partial charge on any atom is -0.358 e. The molecule has 1 fully saturated rings. The van der Waals surface area contributed by atoms with Crippen molar-refractivity contribution in [2.45, 2.75) is 25.1 Å². The quantitative estimate of drug-likeness (QED) is 0.688. The average molecular weight is 315 g/mol. The molecule has 0 N–H and O–H groups in total. The van der Waals surface area contributed by atoms with Crippen molar-refractivity contribution in [2.75, 3.05) is 11.4 Å². The third-order valence-electron chi connectivity index (χ3n) is 3.94. The number of benzene rings is 2. The standard InChI is InChI=1S/C19H16F3N/c20-19(21,22)16-9-12-18(13-10-16)23-14-4-7-17(23)11-8-15-5-2-1-3-6-15/h1-3,5-6,9-10,12-13,17H,4,7,14H2. The van der Waals surface area contributed by atoms with E-state index in [-0.39, 0.29) is 6.04 Å².